The Balaban J connectivity index is 1.63. The van der Waals surface area contributed by atoms with Crippen LogP contribution < -0.4 is 15.4 Å². The lowest BCUT2D eigenvalue weighted by Gasteiger charge is -2.11. The monoisotopic (exact) mass is 404 g/mol. The van der Waals surface area contributed by atoms with Crippen LogP contribution in [0.2, 0.25) is 5.15 Å². The van der Waals surface area contributed by atoms with Gasteiger partial charge in [0.25, 0.3) is 0 Å². The molecule has 0 radical (unpaired) electrons. The third-order valence-corrected chi connectivity index (χ3v) is 4.21. The second-order valence-electron chi connectivity index (χ2n) is 6.18. The fourth-order valence-electron chi connectivity index (χ4n) is 2.49. The summed E-state index contributed by atoms with van der Waals surface area (Å²) in [6.45, 7) is 5.64. The van der Waals surface area contributed by atoms with Gasteiger partial charge in [-0.2, -0.15) is 0 Å². The first-order valence-corrected chi connectivity index (χ1v) is 9.92. The number of hydrogen-bond donors (Lipinski definition) is 2. The highest BCUT2D eigenvalue weighted by Crippen LogP contribution is 2.12. The molecule has 0 aliphatic rings. The first kappa shape index (κ1) is 22.0. The smallest absolute Gasteiger partial charge is 0.191 e. The molecule has 0 aliphatic carbocycles. The molecular formula is C21H29ClN4O2. The van der Waals surface area contributed by atoms with Crippen molar-refractivity contribution in [2.45, 2.75) is 26.4 Å². The Labute approximate surface area is 172 Å². The van der Waals surface area contributed by atoms with Gasteiger partial charge in [0, 0.05) is 32.4 Å². The number of rotatable bonds is 11. The quantitative estimate of drug-likeness (QED) is 0.260. The molecule has 6 nitrogen and oxygen atoms in total. The van der Waals surface area contributed by atoms with Crippen LogP contribution in [0.4, 0.5) is 0 Å². The van der Waals surface area contributed by atoms with E-state index in [1.807, 2.05) is 36.4 Å². The Morgan fingerprint density at radius 1 is 1.11 bits per heavy atom. The summed E-state index contributed by atoms with van der Waals surface area (Å²) >= 11 is 5.81. The lowest BCUT2D eigenvalue weighted by molar-refractivity contribution is 0.120. The van der Waals surface area contributed by atoms with Gasteiger partial charge in [-0.15, -0.1) is 0 Å². The maximum absolute atomic E-state index is 5.81. The van der Waals surface area contributed by atoms with Gasteiger partial charge >= 0.3 is 0 Å². The molecule has 0 amide bonds. The predicted octanol–water partition coefficient (Wildman–Crippen LogP) is 3.45. The van der Waals surface area contributed by atoms with Gasteiger partial charge in [0.15, 0.2) is 5.96 Å². The highest BCUT2D eigenvalue weighted by molar-refractivity contribution is 6.29. The molecule has 7 heteroatoms. The van der Waals surface area contributed by atoms with Crippen molar-refractivity contribution in [1.29, 1.82) is 0 Å². The Hall–Kier alpha value is -2.31. The molecule has 0 bridgehead atoms. The van der Waals surface area contributed by atoms with Crippen molar-refractivity contribution in [3.8, 4) is 5.75 Å². The van der Waals surface area contributed by atoms with Crippen molar-refractivity contribution in [1.82, 2.24) is 15.6 Å². The van der Waals surface area contributed by atoms with E-state index >= 15 is 0 Å². The number of guanidine groups is 1. The average Bonchev–Trinajstić information content (AvgIpc) is 2.72. The maximum atomic E-state index is 5.81. The second-order valence-corrected chi connectivity index (χ2v) is 6.57. The first-order chi connectivity index (χ1) is 13.7. The van der Waals surface area contributed by atoms with Gasteiger partial charge in [0.05, 0.1) is 13.7 Å². The predicted molar refractivity (Wildman–Crippen MR) is 114 cm³/mol. The average molecular weight is 405 g/mol. The summed E-state index contributed by atoms with van der Waals surface area (Å²) in [6.07, 6.45) is 3.53. The third-order valence-electron chi connectivity index (χ3n) is 3.98. The fraction of sp³-hybridized carbons (Fsp3) is 0.429. The van der Waals surface area contributed by atoms with Crippen molar-refractivity contribution in [2.24, 2.45) is 4.99 Å². The van der Waals surface area contributed by atoms with Gasteiger partial charge in [-0.3, -0.25) is 4.99 Å². The first-order valence-electron chi connectivity index (χ1n) is 9.54. The molecule has 0 fully saturated rings. The summed E-state index contributed by atoms with van der Waals surface area (Å²) < 4.78 is 10.9. The molecule has 2 N–H and O–H groups in total. The van der Waals surface area contributed by atoms with Crippen LogP contribution in [-0.4, -0.2) is 44.3 Å². The minimum Gasteiger partial charge on any atom is -0.497 e. The molecule has 28 heavy (non-hydrogen) atoms. The number of benzene rings is 1. The molecule has 0 atom stereocenters. The molecule has 152 valence electrons. The number of aliphatic imine (C=N–C) groups is 1. The van der Waals surface area contributed by atoms with E-state index < -0.39 is 0 Å². The van der Waals surface area contributed by atoms with Crippen LogP contribution in [0.5, 0.6) is 5.75 Å². The zero-order valence-corrected chi connectivity index (χ0v) is 17.3. The second kappa shape index (κ2) is 13.0. The summed E-state index contributed by atoms with van der Waals surface area (Å²) in [5, 5.41) is 7.11. The van der Waals surface area contributed by atoms with Crippen LogP contribution in [0.15, 0.2) is 47.6 Å². The molecule has 0 spiro atoms. The van der Waals surface area contributed by atoms with Gasteiger partial charge in [-0.25, -0.2) is 4.98 Å². The highest BCUT2D eigenvalue weighted by atomic mass is 35.5. The normalized spacial score (nSPS) is 11.3. The summed E-state index contributed by atoms with van der Waals surface area (Å²) in [5.41, 5.74) is 2.27. The number of halogens is 1. The number of pyridine rings is 1. The number of nitrogens with zero attached hydrogens (tertiary/aromatic N) is 2. The molecule has 0 saturated carbocycles. The summed E-state index contributed by atoms with van der Waals surface area (Å²) in [4.78, 5) is 8.68. The number of hydrogen-bond acceptors (Lipinski definition) is 4. The van der Waals surface area contributed by atoms with Crippen molar-refractivity contribution in [3.05, 3.63) is 58.9 Å². The lowest BCUT2D eigenvalue weighted by Crippen LogP contribution is -2.38. The SMILES string of the molecule is CCNC(=NCCCOCc1ccc(OC)cc1)NCCc1ccc(Cl)nc1. The number of methoxy groups -OCH3 is 1. The summed E-state index contributed by atoms with van der Waals surface area (Å²) in [5.74, 6) is 1.67. The number of aromatic nitrogens is 1. The Bertz CT molecular complexity index is 705. The van der Waals surface area contributed by atoms with E-state index in [1.54, 1.807) is 13.3 Å². The van der Waals surface area contributed by atoms with Gasteiger partial charge in [-0.05, 0) is 49.1 Å². The van der Waals surface area contributed by atoms with Gasteiger partial charge in [0.1, 0.15) is 10.9 Å². The van der Waals surface area contributed by atoms with E-state index in [9.17, 15) is 0 Å². The molecule has 1 aromatic heterocycles. The van der Waals surface area contributed by atoms with E-state index in [2.05, 4.69) is 27.5 Å². The molecule has 2 aromatic rings. The Kier molecular flexibility index (Phi) is 10.2. The van der Waals surface area contributed by atoms with Crippen LogP contribution in [0.25, 0.3) is 0 Å². The summed E-state index contributed by atoms with van der Waals surface area (Å²) in [6, 6.07) is 11.7. The van der Waals surface area contributed by atoms with Crippen molar-refractivity contribution in [3.63, 3.8) is 0 Å². The Morgan fingerprint density at radius 3 is 2.57 bits per heavy atom. The fourth-order valence-corrected chi connectivity index (χ4v) is 2.60. The molecule has 0 unspecified atom stereocenters. The van der Waals surface area contributed by atoms with E-state index in [4.69, 9.17) is 21.1 Å². The van der Waals surface area contributed by atoms with E-state index in [1.165, 1.54) is 0 Å². The molecular weight excluding hydrogens is 376 g/mol. The van der Waals surface area contributed by atoms with Crippen LogP contribution in [0.3, 0.4) is 0 Å². The standard InChI is InChI=1S/C21H29ClN4O2/c1-3-23-21(25-13-11-17-7-10-20(22)26-15-17)24-12-4-14-28-16-18-5-8-19(27-2)9-6-18/h5-10,15H,3-4,11-14,16H2,1-2H3,(H2,23,24,25). The maximum Gasteiger partial charge on any atom is 0.191 e. The van der Waals surface area contributed by atoms with Crippen LogP contribution in [0.1, 0.15) is 24.5 Å². The van der Waals surface area contributed by atoms with Gasteiger partial charge < -0.3 is 20.1 Å². The largest absolute Gasteiger partial charge is 0.497 e. The third kappa shape index (κ3) is 8.59. The van der Waals surface area contributed by atoms with Crippen LogP contribution in [0, 0.1) is 0 Å². The number of nitrogens with one attached hydrogen (secondary N) is 2. The Morgan fingerprint density at radius 2 is 1.89 bits per heavy atom. The van der Waals surface area contributed by atoms with E-state index in [-0.39, 0.29) is 0 Å². The van der Waals surface area contributed by atoms with Crippen LogP contribution in [-0.2, 0) is 17.8 Å². The minimum atomic E-state index is 0.515. The van der Waals surface area contributed by atoms with Gasteiger partial charge in [0.2, 0.25) is 0 Å². The van der Waals surface area contributed by atoms with Crippen molar-refractivity contribution < 1.29 is 9.47 Å². The van der Waals surface area contributed by atoms with Gasteiger partial charge in [-0.1, -0.05) is 29.8 Å². The topological polar surface area (TPSA) is 67.8 Å². The molecule has 1 aromatic carbocycles. The zero-order chi connectivity index (χ0) is 20.0. The molecule has 0 aliphatic heterocycles. The lowest BCUT2D eigenvalue weighted by atomic mass is 10.2. The van der Waals surface area contributed by atoms with Crippen molar-refractivity contribution in [2.75, 3.05) is 33.4 Å². The zero-order valence-electron chi connectivity index (χ0n) is 16.6. The van der Waals surface area contributed by atoms with Crippen molar-refractivity contribution >= 4 is 17.6 Å². The minimum absolute atomic E-state index is 0.515. The highest BCUT2D eigenvalue weighted by Gasteiger charge is 1.99. The summed E-state index contributed by atoms with van der Waals surface area (Å²) in [7, 11) is 1.66. The van der Waals surface area contributed by atoms with E-state index in [0.717, 1.165) is 48.8 Å². The van der Waals surface area contributed by atoms with E-state index in [0.29, 0.717) is 24.9 Å². The number of ether oxygens (including phenoxy) is 2. The molecule has 0 saturated heterocycles. The molecule has 2 rings (SSSR count). The van der Waals surface area contributed by atoms with Crippen LogP contribution >= 0.6 is 11.6 Å². The molecule has 1 heterocycles.